The molecule has 186 valence electrons. The van der Waals surface area contributed by atoms with E-state index in [0.29, 0.717) is 19.0 Å². The molecule has 8 nitrogen and oxygen atoms in total. The number of carbonyl (C=O) groups excluding carboxylic acids is 1. The van der Waals surface area contributed by atoms with Gasteiger partial charge in [-0.1, -0.05) is 30.0 Å². The molecule has 0 saturated carbocycles. The number of benzene rings is 1. The predicted molar refractivity (Wildman–Crippen MR) is 137 cm³/mol. The van der Waals surface area contributed by atoms with Crippen molar-refractivity contribution in [3.63, 3.8) is 0 Å². The summed E-state index contributed by atoms with van der Waals surface area (Å²) in [7, 11) is 0. The van der Waals surface area contributed by atoms with Gasteiger partial charge in [0.25, 0.3) is 0 Å². The van der Waals surface area contributed by atoms with Gasteiger partial charge in [-0.3, -0.25) is 9.36 Å². The fourth-order valence-electron chi connectivity index (χ4n) is 4.91. The van der Waals surface area contributed by atoms with Gasteiger partial charge in [-0.2, -0.15) is 0 Å². The zero-order valence-corrected chi connectivity index (χ0v) is 21.5. The number of hydrogen-bond donors (Lipinski definition) is 0. The summed E-state index contributed by atoms with van der Waals surface area (Å²) in [6.45, 7) is 10.7. The Bertz CT molecular complexity index is 1190. The van der Waals surface area contributed by atoms with E-state index in [1.54, 1.807) is 0 Å². The van der Waals surface area contributed by atoms with Crippen LogP contribution in [0.2, 0.25) is 0 Å². The number of thioether (sulfide) groups is 1. The number of Topliss-reactive ketones (excluding diaryl/α,β-unsaturated/α-hetero) is 1. The van der Waals surface area contributed by atoms with Crippen molar-refractivity contribution in [1.29, 1.82) is 0 Å². The minimum absolute atomic E-state index is 0.106. The molecule has 2 aliphatic heterocycles. The highest BCUT2D eigenvalue weighted by Gasteiger charge is 2.25. The Morgan fingerprint density at radius 2 is 1.91 bits per heavy atom. The third-order valence-electron chi connectivity index (χ3n) is 6.88. The SMILES string of the molecule is Cc1ccccc1-n1c(SCC(=O)c2cc(C)n(CC3CCCO3)c2C)nnc1N1CCOCC1. The van der Waals surface area contributed by atoms with Crippen LogP contribution in [-0.2, 0) is 16.0 Å². The number of ketones is 1. The Hall–Kier alpha value is -2.62. The van der Waals surface area contributed by atoms with Gasteiger partial charge < -0.3 is 18.9 Å². The lowest BCUT2D eigenvalue weighted by atomic mass is 10.2. The van der Waals surface area contributed by atoms with Crippen LogP contribution in [0, 0.1) is 20.8 Å². The van der Waals surface area contributed by atoms with E-state index in [2.05, 4.69) is 50.2 Å². The van der Waals surface area contributed by atoms with Gasteiger partial charge in [0.15, 0.2) is 10.9 Å². The zero-order chi connectivity index (χ0) is 24.4. The Morgan fingerprint density at radius 1 is 1.11 bits per heavy atom. The van der Waals surface area contributed by atoms with Crippen molar-refractivity contribution < 1.29 is 14.3 Å². The van der Waals surface area contributed by atoms with Gasteiger partial charge >= 0.3 is 0 Å². The van der Waals surface area contributed by atoms with Crippen LogP contribution >= 0.6 is 11.8 Å². The van der Waals surface area contributed by atoms with Gasteiger partial charge in [-0.15, -0.1) is 10.2 Å². The Labute approximate surface area is 210 Å². The second kappa shape index (κ2) is 10.6. The number of ether oxygens (including phenoxy) is 2. The van der Waals surface area contributed by atoms with Gasteiger partial charge in [0.1, 0.15) is 0 Å². The van der Waals surface area contributed by atoms with E-state index in [-0.39, 0.29) is 11.9 Å². The van der Waals surface area contributed by atoms with Gasteiger partial charge in [0.2, 0.25) is 5.95 Å². The largest absolute Gasteiger partial charge is 0.378 e. The lowest BCUT2D eigenvalue weighted by Gasteiger charge is -2.28. The lowest BCUT2D eigenvalue weighted by Crippen LogP contribution is -2.38. The van der Waals surface area contributed by atoms with Crippen LogP contribution in [-0.4, -0.2) is 69.9 Å². The average Bonchev–Trinajstić information content (AvgIpc) is 3.60. The average molecular weight is 496 g/mol. The molecule has 2 fully saturated rings. The number of para-hydroxylation sites is 1. The first-order valence-electron chi connectivity index (χ1n) is 12.3. The molecule has 4 heterocycles. The van der Waals surface area contributed by atoms with Crippen LogP contribution in [0.15, 0.2) is 35.5 Å². The second-order valence-electron chi connectivity index (χ2n) is 9.25. The van der Waals surface area contributed by atoms with Crippen molar-refractivity contribution in [2.45, 2.75) is 51.4 Å². The molecular weight excluding hydrogens is 462 g/mol. The standard InChI is InChI=1S/C26H33N5O3S/c1-18-7-4-5-9-23(18)31-25(29-10-13-33-14-11-29)27-28-26(31)35-17-24(32)22-15-19(2)30(20(22)3)16-21-8-6-12-34-21/h4-5,7,9,15,21H,6,8,10-14,16-17H2,1-3H3. The summed E-state index contributed by atoms with van der Waals surface area (Å²) >= 11 is 1.44. The van der Waals surface area contributed by atoms with Gasteiger partial charge in [0.05, 0.1) is 30.8 Å². The van der Waals surface area contributed by atoms with Crippen LogP contribution in [0.5, 0.6) is 0 Å². The quantitative estimate of drug-likeness (QED) is 0.346. The van der Waals surface area contributed by atoms with Crippen LogP contribution in [0.25, 0.3) is 5.69 Å². The molecule has 1 aromatic carbocycles. The lowest BCUT2D eigenvalue weighted by molar-refractivity contribution is 0.0957. The second-order valence-corrected chi connectivity index (χ2v) is 10.2. The Morgan fingerprint density at radius 3 is 2.66 bits per heavy atom. The molecule has 0 aliphatic carbocycles. The number of anilines is 1. The summed E-state index contributed by atoms with van der Waals surface area (Å²) in [5.41, 5.74) is 5.06. The molecule has 35 heavy (non-hydrogen) atoms. The molecule has 1 atom stereocenters. The number of aromatic nitrogens is 4. The maximum absolute atomic E-state index is 13.3. The smallest absolute Gasteiger partial charge is 0.232 e. The molecule has 0 spiro atoms. The van der Waals surface area contributed by atoms with E-state index in [0.717, 1.165) is 78.4 Å². The number of morpholine rings is 1. The summed E-state index contributed by atoms with van der Waals surface area (Å²) in [5.74, 6) is 1.21. The van der Waals surface area contributed by atoms with Gasteiger partial charge in [-0.05, 0) is 51.3 Å². The minimum atomic E-state index is 0.106. The van der Waals surface area contributed by atoms with Crippen molar-refractivity contribution in [2.24, 2.45) is 0 Å². The number of hydrogen-bond acceptors (Lipinski definition) is 7. The van der Waals surface area contributed by atoms with E-state index in [1.165, 1.54) is 11.8 Å². The first-order chi connectivity index (χ1) is 17.0. The molecule has 2 aliphatic rings. The van der Waals surface area contributed by atoms with Crippen molar-refractivity contribution >= 4 is 23.5 Å². The molecule has 0 bridgehead atoms. The summed E-state index contributed by atoms with van der Waals surface area (Å²) < 4.78 is 15.7. The predicted octanol–water partition coefficient (Wildman–Crippen LogP) is 3.98. The number of aryl methyl sites for hydroxylation is 2. The molecule has 2 saturated heterocycles. The van der Waals surface area contributed by atoms with Crippen LogP contribution in [0.1, 0.15) is 40.2 Å². The minimum Gasteiger partial charge on any atom is -0.378 e. The highest BCUT2D eigenvalue weighted by molar-refractivity contribution is 7.99. The molecule has 1 unspecified atom stereocenters. The van der Waals surface area contributed by atoms with Crippen LogP contribution in [0.4, 0.5) is 5.95 Å². The van der Waals surface area contributed by atoms with Crippen LogP contribution < -0.4 is 4.90 Å². The van der Waals surface area contributed by atoms with Crippen molar-refractivity contribution in [3.05, 3.63) is 52.8 Å². The highest BCUT2D eigenvalue weighted by atomic mass is 32.2. The third-order valence-corrected chi connectivity index (χ3v) is 7.81. The summed E-state index contributed by atoms with van der Waals surface area (Å²) in [4.78, 5) is 15.5. The first-order valence-corrected chi connectivity index (χ1v) is 13.3. The Kier molecular flexibility index (Phi) is 7.27. The molecule has 0 radical (unpaired) electrons. The summed E-state index contributed by atoms with van der Waals surface area (Å²) in [6.07, 6.45) is 2.43. The number of rotatable bonds is 8. The number of nitrogens with zero attached hydrogens (tertiary/aromatic N) is 5. The van der Waals surface area contributed by atoms with Crippen molar-refractivity contribution in [2.75, 3.05) is 43.6 Å². The Balaban J connectivity index is 1.37. The maximum atomic E-state index is 13.3. The topological polar surface area (TPSA) is 74.4 Å². The zero-order valence-electron chi connectivity index (χ0n) is 20.7. The highest BCUT2D eigenvalue weighted by Crippen LogP contribution is 2.30. The van der Waals surface area contributed by atoms with E-state index < -0.39 is 0 Å². The third kappa shape index (κ3) is 5.03. The number of carbonyl (C=O) groups is 1. The monoisotopic (exact) mass is 495 g/mol. The maximum Gasteiger partial charge on any atom is 0.232 e. The fraction of sp³-hybridized carbons (Fsp3) is 0.500. The molecule has 3 aromatic rings. The molecule has 5 rings (SSSR count). The molecule has 0 N–H and O–H groups in total. The van der Waals surface area contributed by atoms with Gasteiger partial charge in [0, 0.05) is 43.2 Å². The van der Waals surface area contributed by atoms with E-state index >= 15 is 0 Å². The van der Waals surface area contributed by atoms with E-state index in [4.69, 9.17) is 9.47 Å². The van der Waals surface area contributed by atoms with Crippen molar-refractivity contribution in [3.8, 4) is 5.69 Å². The molecule has 0 amide bonds. The summed E-state index contributed by atoms with van der Waals surface area (Å²) in [5, 5.41) is 9.77. The van der Waals surface area contributed by atoms with Crippen molar-refractivity contribution in [1.82, 2.24) is 19.3 Å². The summed E-state index contributed by atoms with van der Waals surface area (Å²) in [6, 6.07) is 10.2. The molecule has 9 heteroatoms. The fourth-order valence-corrected chi connectivity index (χ4v) is 5.74. The first kappa shape index (κ1) is 24.1. The molecule has 2 aromatic heterocycles. The van der Waals surface area contributed by atoms with E-state index in [9.17, 15) is 4.79 Å². The normalized spacial score (nSPS) is 18.4. The molecular formula is C26H33N5O3S. The van der Waals surface area contributed by atoms with Crippen LogP contribution in [0.3, 0.4) is 0 Å². The van der Waals surface area contributed by atoms with Gasteiger partial charge in [-0.25, -0.2) is 0 Å². The van der Waals surface area contributed by atoms with E-state index in [1.807, 2.05) is 25.1 Å².